The molecule has 0 amide bonds. The summed E-state index contributed by atoms with van der Waals surface area (Å²) >= 11 is 10.4. The van der Waals surface area contributed by atoms with Crippen molar-refractivity contribution in [3.8, 4) is 11.5 Å². The Morgan fingerprint density at radius 3 is 1.88 bits per heavy atom. The highest BCUT2D eigenvalue weighted by atomic mass is 79.9. The normalized spacial score (nSPS) is 15.1. The van der Waals surface area contributed by atoms with E-state index in [-0.39, 0.29) is 0 Å². The number of ether oxygens (including phenoxy) is 2. The SMILES string of the molecule is BrCCCn1cnc2cc(Br)ccc21.Brc1ccc2c(c1)ncn2CCCN1CCN(c2ccc3c(c2)OCCO3)CC1. The predicted molar refractivity (Wildman–Crippen MR) is 184 cm³/mol. The number of fused-ring (bicyclic) bond motifs is 3. The molecule has 1 fully saturated rings. The van der Waals surface area contributed by atoms with Gasteiger partial charge in [-0.25, -0.2) is 9.97 Å². The van der Waals surface area contributed by atoms with Gasteiger partial charge in [0.05, 0.1) is 34.7 Å². The van der Waals surface area contributed by atoms with Crippen molar-refractivity contribution in [3.05, 3.63) is 76.2 Å². The largest absolute Gasteiger partial charge is 0.486 e. The van der Waals surface area contributed by atoms with Gasteiger partial charge >= 0.3 is 0 Å². The van der Waals surface area contributed by atoms with Gasteiger partial charge in [0.2, 0.25) is 0 Å². The van der Waals surface area contributed by atoms with Crippen molar-refractivity contribution >= 4 is 75.5 Å². The average Bonchev–Trinajstić information content (AvgIpc) is 3.63. The molecule has 7 rings (SSSR count). The van der Waals surface area contributed by atoms with Crippen molar-refractivity contribution in [2.24, 2.45) is 0 Å². The van der Waals surface area contributed by atoms with E-state index in [0.29, 0.717) is 13.2 Å². The molecular weight excluding hydrogens is 740 g/mol. The first-order valence-electron chi connectivity index (χ1n) is 14.7. The molecular formula is C32H35Br3N6O2. The molecule has 4 heterocycles. The van der Waals surface area contributed by atoms with Crippen LogP contribution in [0.1, 0.15) is 12.8 Å². The molecule has 2 aliphatic rings. The first-order chi connectivity index (χ1) is 21.1. The number of anilines is 1. The number of rotatable bonds is 8. The highest BCUT2D eigenvalue weighted by Gasteiger charge is 2.19. The number of hydrogen-bond acceptors (Lipinski definition) is 6. The van der Waals surface area contributed by atoms with Crippen molar-refractivity contribution in [1.82, 2.24) is 24.0 Å². The van der Waals surface area contributed by atoms with Crippen LogP contribution in [0.2, 0.25) is 0 Å². The zero-order chi connectivity index (χ0) is 29.6. The maximum Gasteiger partial charge on any atom is 0.163 e. The van der Waals surface area contributed by atoms with Crippen LogP contribution in [0.3, 0.4) is 0 Å². The Kier molecular flexibility index (Phi) is 10.2. The van der Waals surface area contributed by atoms with Crippen molar-refractivity contribution in [3.63, 3.8) is 0 Å². The maximum atomic E-state index is 5.73. The Morgan fingerprint density at radius 1 is 0.651 bits per heavy atom. The molecule has 11 heteroatoms. The number of hydrogen-bond donors (Lipinski definition) is 0. The molecule has 43 heavy (non-hydrogen) atoms. The quantitative estimate of drug-likeness (QED) is 0.154. The predicted octanol–water partition coefficient (Wildman–Crippen LogP) is 7.37. The molecule has 0 unspecified atom stereocenters. The van der Waals surface area contributed by atoms with E-state index in [4.69, 9.17) is 9.47 Å². The molecule has 0 radical (unpaired) electrons. The molecule has 0 N–H and O–H groups in total. The molecule has 0 saturated carbocycles. The third-order valence-electron chi connectivity index (χ3n) is 7.84. The zero-order valence-corrected chi connectivity index (χ0v) is 28.7. The molecule has 226 valence electrons. The average molecular weight is 775 g/mol. The molecule has 3 aromatic carbocycles. The summed E-state index contributed by atoms with van der Waals surface area (Å²) in [5, 5.41) is 1.03. The third-order valence-corrected chi connectivity index (χ3v) is 9.38. The minimum Gasteiger partial charge on any atom is -0.486 e. The molecule has 1 saturated heterocycles. The monoisotopic (exact) mass is 772 g/mol. The number of halogens is 3. The van der Waals surface area contributed by atoms with Crippen molar-refractivity contribution in [2.75, 3.05) is 56.2 Å². The summed E-state index contributed by atoms with van der Waals surface area (Å²) < 4.78 is 18.0. The van der Waals surface area contributed by atoms with Crippen LogP contribution in [0.4, 0.5) is 5.69 Å². The molecule has 0 aliphatic carbocycles. The number of alkyl halides is 1. The first kappa shape index (κ1) is 30.4. The van der Waals surface area contributed by atoms with Crippen LogP contribution in [0.15, 0.2) is 76.2 Å². The van der Waals surface area contributed by atoms with E-state index in [1.807, 2.05) is 24.8 Å². The van der Waals surface area contributed by atoms with Crippen LogP contribution in [0, 0.1) is 0 Å². The third kappa shape index (κ3) is 7.56. The van der Waals surface area contributed by atoms with E-state index in [0.717, 1.165) is 95.5 Å². The molecule has 2 aromatic heterocycles. The number of nitrogens with zero attached hydrogens (tertiary/aromatic N) is 6. The fraction of sp³-hybridized carbons (Fsp3) is 0.375. The van der Waals surface area contributed by atoms with E-state index in [2.05, 4.69) is 119 Å². The lowest BCUT2D eigenvalue weighted by Crippen LogP contribution is -2.46. The molecule has 0 spiro atoms. The standard InChI is InChI=1S/C22H25BrN4O2.C10H10Br2N2/c23-17-2-4-20-19(14-17)24-16-27(20)7-1-6-25-8-10-26(11-9-25)18-3-5-21-22(15-18)29-13-12-28-21;11-4-1-5-14-7-13-9-6-8(12)2-3-10(9)14/h2-5,14-16H,1,6-13H2;2-3,6-7H,1,4-5H2. The summed E-state index contributed by atoms with van der Waals surface area (Å²) in [7, 11) is 0. The Balaban J connectivity index is 0.000000197. The summed E-state index contributed by atoms with van der Waals surface area (Å²) in [6.07, 6.45) is 6.11. The Morgan fingerprint density at radius 2 is 1.26 bits per heavy atom. The fourth-order valence-corrected chi connectivity index (χ4v) is 6.53. The van der Waals surface area contributed by atoms with Gasteiger partial charge in [-0.3, -0.25) is 4.90 Å². The highest BCUT2D eigenvalue weighted by Crippen LogP contribution is 2.34. The second kappa shape index (κ2) is 14.5. The number of aryl methyl sites for hydroxylation is 2. The van der Waals surface area contributed by atoms with E-state index >= 15 is 0 Å². The smallest absolute Gasteiger partial charge is 0.163 e. The minimum absolute atomic E-state index is 0.633. The zero-order valence-electron chi connectivity index (χ0n) is 24.0. The van der Waals surface area contributed by atoms with E-state index in [1.165, 1.54) is 16.7 Å². The van der Waals surface area contributed by atoms with E-state index in [1.54, 1.807) is 0 Å². The lowest BCUT2D eigenvalue weighted by atomic mass is 10.2. The van der Waals surface area contributed by atoms with Gasteiger partial charge in [0.25, 0.3) is 0 Å². The number of imidazole rings is 2. The van der Waals surface area contributed by atoms with Gasteiger partial charge in [-0.1, -0.05) is 47.8 Å². The molecule has 5 aromatic rings. The van der Waals surface area contributed by atoms with E-state index in [9.17, 15) is 0 Å². The van der Waals surface area contributed by atoms with Gasteiger partial charge in [0.1, 0.15) is 13.2 Å². The summed E-state index contributed by atoms with van der Waals surface area (Å²) in [6, 6.07) is 18.8. The van der Waals surface area contributed by atoms with Crippen molar-refractivity contribution in [1.29, 1.82) is 0 Å². The van der Waals surface area contributed by atoms with E-state index < -0.39 is 0 Å². The number of piperazine rings is 1. The van der Waals surface area contributed by atoms with Crippen molar-refractivity contribution in [2.45, 2.75) is 25.9 Å². The van der Waals surface area contributed by atoms with Crippen LogP contribution < -0.4 is 14.4 Å². The molecule has 2 aliphatic heterocycles. The summed E-state index contributed by atoms with van der Waals surface area (Å²) in [4.78, 5) is 13.9. The van der Waals surface area contributed by atoms with Gasteiger partial charge in [-0.15, -0.1) is 0 Å². The summed E-state index contributed by atoms with van der Waals surface area (Å²) in [6.45, 7) is 8.67. The van der Waals surface area contributed by atoms with Gasteiger partial charge in [0.15, 0.2) is 11.5 Å². The fourth-order valence-electron chi connectivity index (χ4n) is 5.58. The summed E-state index contributed by atoms with van der Waals surface area (Å²) in [5.41, 5.74) is 5.73. The minimum atomic E-state index is 0.633. The van der Waals surface area contributed by atoms with Gasteiger partial charge in [-0.05, 0) is 67.9 Å². The van der Waals surface area contributed by atoms with Crippen LogP contribution in [0.25, 0.3) is 22.1 Å². The van der Waals surface area contributed by atoms with Crippen LogP contribution in [-0.4, -0.2) is 75.3 Å². The Hall–Kier alpha value is -2.60. The Bertz CT molecular complexity index is 1660. The van der Waals surface area contributed by atoms with Gasteiger partial charge < -0.3 is 23.5 Å². The lowest BCUT2D eigenvalue weighted by Gasteiger charge is -2.36. The Labute approximate surface area is 277 Å². The summed E-state index contributed by atoms with van der Waals surface area (Å²) in [5.74, 6) is 1.73. The van der Waals surface area contributed by atoms with Gasteiger partial charge in [0, 0.05) is 65.3 Å². The molecule has 0 atom stereocenters. The lowest BCUT2D eigenvalue weighted by molar-refractivity contribution is 0.171. The number of benzene rings is 3. The second-order valence-corrected chi connectivity index (χ2v) is 13.3. The van der Waals surface area contributed by atoms with Crippen LogP contribution in [0.5, 0.6) is 11.5 Å². The number of aromatic nitrogens is 4. The second-order valence-electron chi connectivity index (χ2n) is 10.7. The van der Waals surface area contributed by atoms with Crippen LogP contribution >= 0.6 is 47.8 Å². The topological polar surface area (TPSA) is 60.6 Å². The highest BCUT2D eigenvalue weighted by molar-refractivity contribution is 9.10. The van der Waals surface area contributed by atoms with Crippen molar-refractivity contribution < 1.29 is 9.47 Å². The molecule has 0 bridgehead atoms. The van der Waals surface area contributed by atoms with Gasteiger partial charge in [-0.2, -0.15) is 0 Å². The van der Waals surface area contributed by atoms with Crippen LogP contribution in [-0.2, 0) is 13.1 Å². The first-order valence-corrected chi connectivity index (χ1v) is 17.4. The molecule has 8 nitrogen and oxygen atoms in total. The maximum absolute atomic E-state index is 5.73.